The Morgan fingerprint density at radius 3 is 2.38 bits per heavy atom. The van der Waals surface area contributed by atoms with Crippen molar-refractivity contribution in [2.45, 2.75) is 46.1 Å². The minimum absolute atomic E-state index is 0.295. The molecule has 1 atom stereocenters. The predicted octanol–water partition coefficient (Wildman–Crippen LogP) is 5.72. The molecule has 21 heavy (non-hydrogen) atoms. The Labute approximate surface area is 140 Å². The van der Waals surface area contributed by atoms with Crippen LogP contribution in [0.2, 0.25) is 0 Å². The fourth-order valence-electron chi connectivity index (χ4n) is 2.69. The lowest BCUT2D eigenvalue weighted by Crippen LogP contribution is -2.23. The number of nitrogens with one attached hydrogen (secondary N) is 1. The van der Waals surface area contributed by atoms with Crippen LogP contribution in [0, 0.1) is 0 Å². The molecule has 1 unspecified atom stereocenters. The zero-order chi connectivity index (χ0) is 15.2. The second-order valence-electron chi connectivity index (χ2n) is 5.31. The van der Waals surface area contributed by atoms with Crippen LogP contribution >= 0.6 is 27.3 Å². The van der Waals surface area contributed by atoms with Crippen molar-refractivity contribution < 1.29 is 0 Å². The first-order valence-electron chi connectivity index (χ1n) is 7.78. The van der Waals surface area contributed by atoms with Crippen LogP contribution in [-0.2, 0) is 12.8 Å². The summed E-state index contributed by atoms with van der Waals surface area (Å²) in [6, 6.07) is 9.51. The highest BCUT2D eigenvalue weighted by Gasteiger charge is 2.16. The molecule has 0 saturated carbocycles. The minimum atomic E-state index is 0.295. The Balaban J connectivity index is 2.36. The summed E-state index contributed by atoms with van der Waals surface area (Å²) in [4.78, 5) is 0. The summed E-state index contributed by atoms with van der Waals surface area (Å²) in [7, 11) is 0. The van der Waals surface area contributed by atoms with E-state index >= 15 is 0 Å². The molecule has 2 rings (SSSR count). The summed E-state index contributed by atoms with van der Waals surface area (Å²) in [6.45, 7) is 7.73. The Bertz CT molecular complexity index is 576. The molecule has 1 N–H and O–H groups in total. The average molecular weight is 366 g/mol. The van der Waals surface area contributed by atoms with Crippen molar-refractivity contribution in [3.05, 3.63) is 55.7 Å². The third kappa shape index (κ3) is 4.18. The van der Waals surface area contributed by atoms with Crippen molar-refractivity contribution in [3.8, 4) is 0 Å². The van der Waals surface area contributed by atoms with Crippen molar-refractivity contribution in [2.24, 2.45) is 0 Å². The molecule has 1 nitrogen and oxygen atoms in total. The van der Waals surface area contributed by atoms with Gasteiger partial charge < -0.3 is 5.32 Å². The highest BCUT2D eigenvalue weighted by molar-refractivity contribution is 9.11. The Morgan fingerprint density at radius 2 is 1.81 bits per heavy atom. The third-order valence-corrected chi connectivity index (χ3v) is 5.37. The van der Waals surface area contributed by atoms with E-state index in [4.69, 9.17) is 0 Å². The zero-order valence-electron chi connectivity index (χ0n) is 13.1. The smallest absolute Gasteiger partial charge is 0.0701 e. The normalized spacial score (nSPS) is 12.6. The fourth-order valence-corrected chi connectivity index (χ4v) is 3.89. The van der Waals surface area contributed by atoms with Gasteiger partial charge in [-0.2, -0.15) is 0 Å². The largest absolute Gasteiger partial charge is 0.306 e. The number of thiophene rings is 1. The van der Waals surface area contributed by atoms with Crippen molar-refractivity contribution in [1.82, 2.24) is 5.32 Å². The van der Waals surface area contributed by atoms with Crippen LogP contribution in [0.25, 0.3) is 0 Å². The number of aryl methyl sites for hydroxylation is 2. The molecule has 0 spiro atoms. The molecule has 3 heteroatoms. The lowest BCUT2D eigenvalue weighted by Gasteiger charge is -2.20. The topological polar surface area (TPSA) is 12.0 Å². The molecule has 0 fully saturated rings. The van der Waals surface area contributed by atoms with Gasteiger partial charge in [0.1, 0.15) is 0 Å². The highest BCUT2D eigenvalue weighted by atomic mass is 79.9. The second kappa shape index (κ2) is 8.11. The monoisotopic (exact) mass is 365 g/mol. The summed E-state index contributed by atoms with van der Waals surface area (Å²) in [5, 5.41) is 5.94. The van der Waals surface area contributed by atoms with E-state index in [1.807, 2.05) is 0 Å². The van der Waals surface area contributed by atoms with Gasteiger partial charge in [-0.3, -0.25) is 0 Å². The molecule has 1 aromatic heterocycles. The molecule has 2 aromatic rings. The molecule has 0 radical (unpaired) electrons. The number of hydrogen-bond donors (Lipinski definition) is 1. The third-order valence-electron chi connectivity index (χ3n) is 3.84. The maximum Gasteiger partial charge on any atom is 0.0701 e. The first kappa shape index (κ1) is 16.7. The van der Waals surface area contributed by atoms with E-state index in [1.165, 1.54) is 26.0 Å². The Kier molecular flexibility index (Phi) is 6.46. The van der Waals surface area contributed by atoms with Gasteiger partial charge in [-0.15, -0.1) is 11.3 Å². The van der Waals surface area contributed by atoms with Gasteiger partial charge in [0, 0.05) is 0 Å². The molecule has 0 bridgehead atoms. The van der Waals surface area contributed by atoms with E-state index in [0.717, 1.165) is 25.8 Å². The standard InChI is InChI=1S/C18H24BrNS/c1-4-9-20-18(16-11-17(19)21-12-16)15-8-7-13(5-2)14(6-3)10-15/h7-8,10-12,18,20H,4-6,9H2,1-3H3. The lowest BCUT2D eigenvalue weighted by molar-refractivity contribution is 0.599. The van der Waals surface area contributed by atoms with Crippen LogP contribution in [0.5, 0.6) is 0 Å². The molecular weight excluding hydrogens is 342 g/mol. The van der Waals surface area contributed by atoms with Gasteiger partial charge in [-0.25, -0.2) is 0 Å². The summed E-state index contributed by atoms with van der Waals surface area (Å²) < 4.78 is 1.20. The van der Waals surface area contributed by atoms with E-state index < -0.39 is 0 Å². The van der Waals surface area contributed by atoms with Crippen LogP contribution in [0.3, 0.4) is 0 Å². The van der Waals surface area contributed by atoms with E-state index in [1.54, 1.807) is 11.3 Å². The van der Waals surface area contributed by atoms with E-state index in [-0.39, 0.29) is 0 Å². The van der Waals surface area contributed by atoms with Crippen molar-refractivity contribution >= 4 is 27.3 Å². The van der Waals surface area contributed by atoms with Crippen LogP contribution in [-0.4, -0.2) is 6.54 Å². The van der Waals surface area contributed by atoms with E-state index in [0.29, 0.717) is 6.04 Å². The Morgan fingerprint density at radius 1 is 1.05 bits per heavy atom. The van der Waals surface area contributed by atoms with E-state index in [2.05, 4.69) is 71.7 Å². The maximum atomic E-state index is 3.69. The van der Waals surface area contributed by atoms with Crippen molar-refractivity contribution in [3.63, 3.8) is 0 Å². The zero-order valence-corrected chi connectivity index (χ0v) is 15.5. The van der Waals surface area contributed by atoms with Crippen LogP contribution < -0.4 is 5.32 Å². The summed E-state index contributed by atoms with van der Waals surface area (Å²) in [6.07, 6.45) is 3.36. The van der Waals surface area contributed by atoms with Crippen molar-refractivity contribution in [1.29, 1.82) is 0 Å². The van der Waals surface area contributed by atoms with Gasteiger partial charge in [0.15, 0.2) is 0 Å². The average Bonchev–Trinajstić information content (AvgIpc) is 2.93. The molecule has 0 aliphatic carbocycles. The maximum absolute atomic E-state index is 3.69. The number of halogens is 1. The first-order chi connectivity index (χ1) is 10.2. The van der Waals surface area contributed by atoms with E-state index in [9.17, 15) is 0 Å². The molecule has 0 aliphatic heterocycles. The molecule has 0 saturated heterocycles. The predicted molar refractivity (Wildman–Crippen MR) is 97.4 cm³/mol. The summed E-state index contributed by atoms with van der Waals surface area (Å²) in [5.74, 6) is 0. The molecule has 114 valence electrons. The molecular formula is C18H24BrNS. The molecule has 1 heterocycles. The number of hydrogen-bond acceptors (Lipinski definition) is 2. The van der Waals surface area contributed by atoms with Gasteiger partial charge in [0.05, 0.1) is 9.83 Å². The summed E-state index contributed by atoms with van der Waals surface area (Å²) in [5.41, 5.74) is 5.68. The van der Waals surface area contributed by atoms with Crippen LogP contribution in [0.4, 0.5) is 0 Å². The number of rotatable bonds is 7. The van der Waals surface area contributed by atoms with Gasteiger partial charge in [0.2, 0.25) is 0 Å². The van der Waals surface area contributed by atoms with Gasteiger partial charge in [-0.1, -0.05) is 39.0 Å². The highest BCUT2D eigenvalue weighted by Crippen LogP contribution is 2.30. The molecule has 1 aromatic carbocycles. The molecule has 0 amide bonds. The number of benzene rings is 1. The summed E-state index contributed by atoms with van der Waals surface area (Å²) >= 11 is 5.34. The quantitative estimate of drug-likeness (QED) is 0.660. The molecule has 0 aliphatic rings. The second-order valence-corrected chi connectivity index (χ2v) is 7.60. The Hall–Kier alpha value is -0.640. The van der Waals surface area contributed by atoms with Crippen LogP contribution in [0.15, 0.2) is 33.4 Å². The van der Waals surface area contributed by atoms with Crippen LogP contribution in [0.1, 0.15) is 55.5 Å². The van der Waals surface area contributed by atoms with Crippen molar-refractivity contribution in [2.75, 3.05) is 6.54 Å². The lowest BCUT2D eigenvalue weighted by atomic mass is 9.94. The van der Waals surface area contributed by atoms with Gasteiger partial charge >= 0.3 is 0 Å². The minimum Gasteiger partial charge on any atom is -0.306 e. The first-order valence-corrected chi connectivity index (χ1v) is 9.45. The van der Waals surface area contributed by atoms with Gasteiger partial charge in [-0.05, 0) is 75.4 Å². The fraction of sp³-hybridized carbons (Fsp3) is 0.444. The van der Waals surface area contributed by atoms with Gasteiger partial charge in [0.25, 0.3) is 0 Å². The SMILES string of the molecule is CCCNC(c1csc(Br)c1)c1ccc(CC)c(CC)c1.